The zero-order valence-corrected chi connectivity index (χ0v) is 13.4. The number of anilines is 1. The largest absolute Gasteiger partial charge is 0.334 e. The van der Waals surface area contributed by atoms with Gasteiger partial charge in [-0.2, -0.15) is 0 Å². The molecule has 3 rings (SSSR count). The minimum absolute atomic E-state index is 0.0321. The predicted molar refractivity (Wildman–Crippen MR) is 88.5 cm³/mol. The number of benzene rings is 2. The first-order valence-corrected chi connectivity index (χ1v) is 7.84. The maximum atomic E-state index is 12.5. The third kappa shape index (κ3) is 2.95. The Bertz CT molecular complexity index is 654. The molecule has 0 bridgehead atoms. The van der Waals surface area contributed by atoms with Crippen molar-refractivity contribution < 1.29 is 4.79 Å². The molecular weight excluding hydrogens is 328 g/mol. The number of para-hydroxylation sites is 1. The maximum absolute atomic E-state index is 12.5. The van der Waals surface area contributed by atoms with Crippen molar-refractivity contribution in [3.05, 3.63) is 64.1 Å². The third-order valence-corrected chi connectivity index (χ3v) is 4.31. The van der Waals surface area contributed by atoms with E-state index in [1.54, 1.807) is 0 Å². The van der Waals surface area contributed by atoms with Gasteiger partial charge < -0.3 is 5.32 Å². The average Bonchev–Trinajstić information content (AvgIpc) is 2.82. The van der Waals surface area contributed by atoms with Gasteiger partial charge >= 0.3 is 6.03 Å². The highest BCUT2D eigenvalue weighted by Gasteiger charge is 2.30. The van der Waals surface area contributed by atoms with E-state index < -0.39 is 0 Å². The number of nitrogens with one attached hydrogen (secondary N) is 1. The lowest BCUT2D eigenvalue weighted by molar-refractivity contribution is 0.244. The van der Waals surface area contributed by atoms with Crippen molar-refractivity contribution in [1.29, 1.82) is 0 Å². The highest BCUT2D eigenvalue weighted by Crippen LogP contribution is 2.31. The average molecular weight is 345 g/mol. The van der Waals surface area contributed by atoms with Crippen LogP contribution in [0, 0.1) is 0 Å². The lowest BCUT2D eigenvalue weighted by Gasteiger charge is -2.23. The maximum Gasteiger partial charge on any atom is 0.322 e. The van der Waals surface area contributed by atoms with Gasteiger partial charge in [-0.25, -0.2) is 4.79 Å². The zero-order chi connectivity index (χ0) is 14.8. The SMILES string of the molecule is CC1Cc2ccccc2N1C(=O)NCc1ccc(Br)cc1. The quantitative estimate of drug-likeness (QED) is 0.873. The topological polar surface area (TPSA) is 32.3 Å². The van der Waals surface area contributed by atoms with E-state index in [0.717, 1.165) is 22.1 Å². The molecule has 3 nitrogen and oxygen atoms in total. The van der Waals surface area contributed by atoms with Crippen LogP contribution in [0.1, 0.15) is 18.1 Å². The Hall–Kier alpha value is -1.81. The van der Waals surface area contributed by atoms with Crippen LogP contribution in [0.5, 0.6) is 0 Å². The van der Waals surface area contributed by atoms with Crippen LogP contribution in [0.4, 0.5) is 10.5 Å². The fourth-order valence-corrected chi connectivity index (χ4v) is 3.00. The molecule has 1 atom stereocenters. The Kier molecular flexibility index (Phi) is 3.97. The summed E-state index contributed by atoms with van der Waals surface area (Å²) in [5, 5.41) is 3.00. The van der Waals surface area contributed by atoms with Crippen molar-refractivity contribution in [1.82, 2.24) is 5.32 Å². The number of carbonyl (C=O) groups is 1. The molecule has 1 heterocycles. The molecule has 0 aromatic heterocycles. The van der Waals surface area contributed by atoms with Gasteiger partial charge in [0.2, 0.25) is 0 Å². The van der Waals surface area contributed by atoms with E-state index in [9.17, 15) is 4.79 Å². The fraction of sp³-hybridized carbons (Fsp3) is 0.235. The molecular formula is C17H17BrN2O. The molecule has 1 N–H and O–H groups in total. The second-order valence-corrected chi connectivity index (χ2v) is 6.25. The fourth-order valence-electron chi connectivity index (χ4n) is 2.74. The van der Waals surface area contributed by atoms with Gasteiger partial charge in [-0.05, 0) is 42.7 Å². The second kappa shape index (κ2) is 5.90. The summed E-state index contributed by atoms with van der Waals surface area (Å²) in [4.78, 5) is 14.3. The summed E-state index contributed by atoms with van der Waals surface area (Å²) in [6, 6.07) is 16.2. The number of nitrogens with zero attached hydrogens (tertiary/aromatic N) is 1. The molecule has 0 spiro atoms. The third-order valence-electron chi connectivity index (χ3n) is 3.78. The summed E-state index contributed by atoms with van der Waals surface area (Å²) in [7, 11) is 0. The number of hydrogen-bond acceptors (Lipinski definition) is 1. The Morgan fingerprint density at radius 3 is 2.71 bits per heavy atom. The molecule has 4 heteroatoms. The molecule has 0 aliphatic carbocycles. The minimum Gasteiger partial charge on any atom is -0.334 e. The number of amides is 2. The summed E-state index contributed by atoms with van der Waals surface area (Å²) >= 11 is 3.41. The van der Waals surface area contributed by atoms with E-state index in [1.807, 2.05) is 47.4 Å². The summed E-state index contributed by atoms with van der Waals surface area (Å²) in [6.45, 7) is 2.62. The van der Waals surface area contributed by atoms with Gasteiger partial charge in [-0.3, -0.25) is 4.90 Å². The van der Waals surface area contributed by atoms with Crippen molar-refractivity contribution in [3.8, 4) is 0 Å². The lowest BCUT2D eigenvalue weighted by Crippen LogP contribution is -2.42. The molecule has 1 aliphatic heterocycles. The van der Waals surface area contributed by atoms with Gasteiger partial charge in [-0.15, -0.1) is 0 Å². The van der Waals surface area contributed by atoms with E-state index >= 15 is 0 Å². The monoisotopic (exact) mass is 344 g/mol. The van der Waals surface area contributed by atoms with Crippen molar-refractivity contribution in [2.75, 3.05) is 4.90 Å². The van der Waals surface area contributed by atoms with Crippen LogP contribution in [-0.4, -0.2) is 12.1 Å². The summed E-state index contributed by atoms with van der Waals surface area (Å²) in [5.74, 6) is 0. The lowest BCUT2D eigenvalue weighted by atomic mass is 10.1. The van der Waals surface area contributed by atoms with Crippen LogP contribution in [0.15, 0.2) is 53.0 Å². The van der Waals surface area contributed by atoms with E-state index in [1.165, 1.54) is 5.56 Å². The number of fused-ring (bicyclic) bond motifs is 1. The summed E-state index contributed by atoms with van der Waals surface area (Å²) in [5.41, 5.74) is 3.36. The summed E-state index contributed by atoms with van der Waals surface area (Å²) in [6.07, 6.45) is 0.919. The minimum atomic E-state index is -0.0321. The van der Waals surface area contributed by atoms with Crippen molar-refractivity contribution in [2.45, 2.75) is 25.9 Å². The first-order chi connectivity index (χ1) is 10.1. The Morgan fingerprint density at radius 2 is 1.95 bits per heavy atom. The first-order valence-electron chi connectivity index (χ1n) is 7.04. The molecule has 2 aromatic carbocycles. The van der Waals surface area contributed by atoms with Gasteiger partial charge in [-0.1, -0.05) is 46.3 Å². The van der Waals surface area contributed by atoms with Gasteiger partial charge in [0.05, 0.1) is 0 Å². The predicted octanol–water partition coefficient (Wildman–Crippen LogP) is 4.11. The molecule has 0 saturated heterocycles. The highest BCUT2D eigenvalue weighted by molar-refractivity contribution is 9.10. The standard InChI is InChI=1S/C17H17BrN2O/c1-12-10-14-4-2-3-5-16(14)20(12)17(21)19-11-13-6-8-15(18)9-7-13/h2-9,12H,10-11H2,1H3,(H,19,21). The molecule has 1 unspecified atom stereocenters. The van der Waals surface area contributed by atoms with Crippen LogP contribution in [0.2, 0.25) is 0 Å². The van der Waals surface area contributed by atoms with Crippen molar-refractivity contribution in [2.24, 2.45) is 0 Å². The smallest absolute Gasteiger partial charge is 0.322 e. The van der Waals surface area contributed by atoms with Gasteiger partial charge in [0.25, 0.3) is 0 Å². The van der Waals surface area contributed by atoms with Gasteiger partial charge in [0.1, 0.15) is 0 Å². The van der Waals surface area contributed by atoms with E-state index in [-0.39, 0.29) is 12.1 Å². The zero-order valence-electron chi connectivity index (χ0n) is 11.8. The Morgan fingerprint density at radius 1 is 1.24 bits per heavy atom. The van der Waals surface area contributed by atoms with E-state index in [2.05, 4.69) is 34.2 Å². The molecule has 0 fully saturated rings. The molecule has 0 radical (unpaired) electrons. The number of urea groups is 1. The van der Waals surface area contributed by atoms with E-state index in [4.69, 9.17) is 0 Å². The molecule has 108 valence electrons. The number of halogens is 1. The summed E-state index contributed by atoms with van der Waals surface area (Å²) < 4.78 is 1.04. The van der Waals surface area contributed by atoms with Crippen LogP contribution in [0.3, 0.4) is 0 Å². The van der Waals surface area contributed by atoms with Crippen molar-refractivity contribution in [3.63, 3.8) is 0 Å². The van der Waals surface area contributed by atoms with Crippen LogP contribution in [0.25, 0.3) is 0 Å². The number of carbonyl (C=O) groups excluding carboxylic acids is 1. The van der Waals surface area contributed by atoms with Crippen molar-refractivity contribution >= 4 is 27.6 Å². The van der Waals surface area contributed by atoms with Crippen LogP contribution < -0.4 is 10.2 Å². The van der Waals surface area contributed by atoms with Crippen LogP contribution in [-0.2, 0) is 13.0 Å². The molecule has 0 saturated carbocycles. The normalized spacial score (nSPS) is 16.7. The van der Waals surface area contributed by atoms with Gasteiger partial charge in [0.15, 0.2) is 0 Å². The molecule has 2 aromatic rings. The molecule has 2 amide bonds. The Balaban J connectivity index is 1.70. The van der Waals surface area contributed by atoms with Crippen LogP contribution >= 0.6 is 15.9 Å². The number of hydrogen-bond donors (Lipinski definition) is 1. The molecule has 1 aliphatic rings. The highest BCUT2D eigenvalue weighted by atomic mass is 79.9. The van der Waals surface area contributed by atoms with E-state index in [0.29, 0.717) is 6.54 Å². The number of rotatable bonds is 2. The Labute approximate surface area is 133 Å². The second-order valence-electron chi connectivity index (χ2n) is 5.34. The van der Waals surface area contributed by atoms with Gasteiger partial charge in [0, 0.05) is 22.7 Å². The molecule has 21 heavy (non-hydrogen) atoms. The first kappa shape index (κ1) is 14.1.